The van der Waals surface area contributed by atoms with Gasteiger partial charge in [0, 0.05) is 12.6 Å². The molecule has 4 N–H and O–H groups in total. The Labute approximate surface area is 335 Å². The number of oxazole rings is 1. The smallest absolute Gasteiger partial charge is 0.420 e. The van der Waals surface area contributed by atoms with Crippen LogP contribution in [-0.2, 0) is 39.8 Å². The molecule has 0 aromatic carbocycles. The van der Waals surface area contributed by atoms with Crippen molar-refractivity contribution in [3.63, 3.8) is 0 Å². The molecule has 0 spiro atoms. The summed E-state index contributed by atoms with van der Waals surface area (Å²) >= 11 is 0. The monoisotopic (exact) mass is 805 g/mol. The van der Waals surface area contributed by atoms with Crippen molar-refractivity contribution in [1.29, 1.82) is 0 Å². The summed E-state index contributed by atoms with van der Waals surface area (Å²) in [5, 5.41) is 11.3. The third-order valence-corrected chi connectivity index (χ3v) is 8.82. The van der Waals surface area contributed by atoms with Crippen molar-refractivity contribution in [2.24, 2.45) is 17.8 Å². The van der Waals surface area contributed by atoms with Gasteiger partial charge in [0.2, 0.25) is 29.3 Å². The minimum absolute atomic E-state index is 0.0551. The van der Waals surface area contributed by atoms with Crippen LogP contribution in [0.3, 0.4) is 0 Å². The molecule has 0 aliphatic carbocycles. The first-order valence-corrected chi connectivity index (χ1v) is 19.2. The molecule has 0 unspecified atom stereocenters. The van der Waals surface area contributed by atoms with Gasteiger partial charge >= 0.3 is 24.1 Å². The van der Waals surface area contributed by atoms with Crippen LogP contribution >= 0.6 is 0 Å². The maximum Gasteiger partial charge on any atom is 0.420 e. The lowest BCUT2D eigenvalue weighted by molar-refractivity contribution is -0.146. The van der Waals surface area contributed by atoms with Gasteiger partial charge in [-0.05, 0) is 65.7 Å². The molecule has 57 heavy (non-hydrogen) atoms. The van der Waals surface area contributed by atoms with Gasteiger partial charge in [0.1, 0.15) is 41.7 Å². The van der Waals surface area contributed by atoms with Crippen LogP contribution in [0.4, 0.5) is 15.5 Å². The van der Waals surface area contributed by atoms with Crippen LogP contribution in [0.15, 0.2) is 16.9 Å². The zero-order chi connectivity index (χ0) is 43.4. The van der Waals surface area contributed by atoms with Gasteiger partial charge in [-0.1, -0.05) is 54.4 Å². The minimum atomic E-state index is -1.31. The molecule has 0 fully saturated rings. The van der Waals surface area contributed by atoms with E-state index in [1.165, 1.54) is 19.6 Å². The Bertz CT molecular complexity index is 1690. The Kier molecular flexibility index (Phi) is 17.5. The molecule has 0 aliphatic heterocycles. The number of esters is 2. The van der Waals surface area contributed by atoms with Crippen molar-refractivity contribution >= 4 is 41.8 Å². The number of amides is 3. The molecule has 0 radical (unpaired) electrons. The summed E-state index contributed by atoms with van der Waals surface area (Å²) in [6.07, 6.45) is 2.16. The number of carbonyl (C=O) groups is 6. The van der Waals surface area contributed by atoms with E-state index in [0.29, 0.717) is 12.8 Å². The number of hydrogen-bond acceptors (Lipinski definition) is 14. The summed E-state index contributed by atoms with van der Waals surface area (Å²) in [6.45, 7) is 21.3. The summed E-state index contributed by atoms with van der Waals surface area (Å²) < 4.78 is 28.2. The predicted molar refractivity (Wildman–Crippen MR) is 209 cm³/mol. The maximum absolute atomic E-state index is 14.2. The highest BCUT2D eigenvalue weighted by molar-refractivity contribution is 5.94. The van der Waals surface area contributed by atoms with Crippen LogP contribution in [0.5, 0.6) is 0 Å². The summed E-state index contributed by atoms with van der Waals surface area (Å²) in [4.78, 5) is 88.2. The van der Waals surface area contributed by atoms with Crippen LogP contribution in [0.25, 0.3) is 0 Å². The molecule has 6 atom stereocenters. The lowest BCUT2D eigenvalue weighted by Gasteiger charge is -2.28. The van der Waals surface area contributed by atoms with Gasteiger partial charge in [0.15, 0.2) is 0 Å². The first-order chi connectivity index (χ1) is 26.4. The highest BCUT2D eigenvalue weighted by Gasteiger charge is 2.36. The molecule has 0 saturated carbocycles. The third kappa shape index (κ3) is 14.7. The van der Waals surface area contributed by atoms with Crippen LogP contribution in [0.1, 0.15) is 130 Å². The number of carbonyl (C=O) groups excluding carboxylic acids is 6. The second-order valence-electron chi connectivity index (χ2n) is 16.5. The third-order valence-electron chi connectivity index (χ3n) is 8.82. The normalized spacial score (nSPS) is 14.9. The second kappa shape index (κ2) is 20.8. The molecule has 3 amide bonds. The molecule has 2 rings (SSSR count). The largest absolute Gasteiger partial charge is 0.467 e. The van der Waals surface area contributed by atoms with E-state index >= 15 is 0 Å². The number of ether oxygens (including phenoxy) is 4. The fraction of sp³-hybridized carbons (Fsp3) is 0.692. The van der Waals surface area contributed by atoms with Gasteiger partial charge in [-0.2, -0.15) is 0 Å². The number of hydrogen-bond donors (Lipinski definition) is 4. The van der Waals surface area contributed by atoms with Crippen LogP contribution < -0.4 is 21.3 Å². The number of anilines is 1. The first kappa shape index (κ1) is 48.0. The molecule has 320 valence electrons. The van der Waals surface area contributed by atoms with E-state index in [9.17, 15) is 28.8 Å². The van der Waals surface area contributed by atoms with E-state index in [2.05, 4.69) is 31.2 Å². The fourth-order valence-corrected chi connectivity index (χ4v) is 5.48. The highest BCUT2D eigenvalue weighted by Crippen LogP contribution is 2.29. The molecule has 2 heterocycles. The van der Waals surface area contributed by atoms with Crippen molar-refractivity contribution in [3.05, 3.63) is 29.8 Å². The highest BCUT2D eigenvalue weighted by atomic mass is 16.6. The van der Waals surface area contributed by atoms with Gasteiger partial charge in [0.25, 0.3) is 0 Å². The lowest BCUT2D eigenvalue weighted by atomic mass is 9.95. The van der Waals surface area contributed by atoms with Crippen LogP contribution in [0.2, 0.25) is 0 Å². The molecule has 18 nitrogen and oxygen atoms in total. The number of nitrogens with one attached hydrogen (secondary N) is 4. The fourth-order valence-electron chi connectivity index (χ4n) is 5.48. The average Bonchev–Trinajstić information content (AvgIpc) is 3.76. The molecule has 2 aromatic heterocycles. The van der Waals surface area contributed by atoms with E-state index in [-0.39, 0.29) is 53.8 Å². The van der Waals surface area contributed by atoms with E-state index in [0.717, 1.165) is 11.7 Å². The number of aromatic nitrogens is 3. The van der Waals surface area contributed by atoms with E-state index in [1.807, 2.05) is 41.5 Å². The van der Waals surface area contributed by atoms with Crippen molar-refractivity contribution in [1.82, 2.24) is 30.5 Å². The lowest BCUT2D eigenvalue weighted by Crippen LogP contribution is -2.52. The van der Waals surface area contributed by atoms with Crippen molar-refractivity contribution in [2.75, 3.05) is 19.5 Å². The number of imidazole rings is 1. The molecule has 0 bridgehead atoms. The summed E-state index contributed by atoms with van der Waals surface area (Å²) in [6, 6.07) is -4.22. The Hall–Kier alpha value is -5.16. The van der Waals surface area contributed by atoms with Crippen molar-refractivity contribution in [2.45, 2.75) is 144 Å². The van der Waals surface area contributed by atoms with Gasteiger partial charge < -0.3 is 44.6 Å². The Morgan fingerprint density at radius 2 is 1.40 bits per heavy atom. The summed E-state index contributed by atoms with van der Waals surface area (Å²) in [7, 11) is 2.41. The molecule has 0 saturated heterocycles. The van der Waals surface area contributed by atoms with Crippen LogP contribution in [0, 0.1) is 17.8 Å². The molecule has 18 heteroatoms. The summed E-state index contributed by atoms with van der Waals surface area (Å²) in [5.41, 5.74) is -1.74. The Balaban J connectivity index is 2.59. The SMILES string of the molecule is CC[C@@H](C)[C@H](Nc1oc([C@H](CC(C)C)NC(=O)[C@H](Cc2cncn2C(=O)OC(C)(C)C)NC(=O)OC(C)(C)C)nc1C(=O)OC)C(=O)N[C@H](C(=O)OC)[C@H](C)CC. The van der Waals surface area contributed by atoms with Crippen molar-refractivity contribution < 1.29 is 52.1 Å². The zero-order valence-electron chi connectivity index (χ0n) is 35.9. The van der Waals surface area contributed by atoms with Gasteiger partial charge in [0.05, 0.1) is 19.9 Å². The van der Waals surface area contributed by atoms with Crippen molar-refractivity contribution in [3.8, 4) is 0 Å². The Morgan fingerprint density at radius 3 is 1.93 bits per heavy atom. The van der Waals surface area contributed by atoms with E-state index in [1.54, 1.807) is 41.5 Å². The molecular weight excluding hydrogens is 742 g/mol. The Morgan fingerprint density at radius 1 is 0.807 bits per heavy atom. The number of rotatable bonds is 18. The van der Waals surface area contributed by atoms with Gasteiger partial charge in [-0.25, -0.2) is 33.7 Å². The number of methoxy groups -OCH3 is 2. The quantitative estimate of drug-likeness (QED) is 0.111. The predicted octanol–water partition coefficient (Wildman–Crippen LogP) is 5.31. The van der Waals surface area contributed by atoms with E-state index in [4.69, 9.17) is 23.4 Å². The molecule has 2 aromatic rings. The zero-order valence-corrected chi connectivity index (χ0v) is 35.9. The van der Waals surface area contributed by atoms with Crippen LogP contribution in [-0.4, -0.2) is 94.0 Å². The van der Waals surface area contributed by atoms with Gasteiger partial charge in [-0.15, -0.1) is 0 Å². The second-order valence-corrected chi connectivity index (χ2v) is 16.5. The average molecular weight is 806 g/mol. The number of alkyl carbamates (subject to hydrolysis) is 1. The standard InChI is InChI=1S/C39H63N7O11/c1-15-22(5)27(31(48)43-28(23(6)16-2)34(49)53-13)44-33-29(35(50)54-14)45-32(55-33)26(17-21(3)4)41-30(47)25(42-36(51)56-38(7,8)9)18-24-19-40-20-46(24)37(52)57-39(10,11)12/h19-23,25-28,44H,15-18H2,1-14H3,(H,41,47)(H,42,51)(H,43,48)/t22-,23-,25+,26+,27+,28+/m1/s1. The topological polar surface area (TPSA) is 231 Å². The van der Waals surface area contributed by atoms with Gasteiger partial charge in [-0.3, -0.25) is 9.59 Å². The van der Waals surface area contributed by atoms with E-state index < -0.39 is 71.3 Å². The summed E-state index contributed by atoms with van der Waals surface area (Å²) in [5.74, 6) is -3.63. The minimum Gasteiger partial charge on any atom is -0.467 e. The molecule has 0 aliphatic rings. The first-order valence-electron chi connectivity index (χ1n) is 19.2. The maximum atomic E-state index is 14.2. The number of nitrogens with zero attached hydrogens (tertiary/aromatic N) is 3. The molecular formula is C39H63N7O11.